The summed E-state index contributed by atoms with van der Waals surface area (Å²) in [7, 11) is 0. The molecule has 6 fully saturated rings. The van der Waals surface area contributed by atoms with Gasteiger partial charge in [0.2, 0.25) is 18.3 Å². The lowest BCUT2D eigenvalue weighted by Gasteiger charge is -2.70. The van der Waals surface area contributed by atoms with Crippen LogP contribution in [-0.4, -0.2) is 176 Å². The molecule has 5 aliphatic carbocycles. The molecule has 0 aromatic carbocycles. The number of allylic oxidation sites excluding steroid dienone is 2. The van der Waals surface area contributed by atoms with Gasteiger partial charge in [0.15, 0.2) is 42.6 Å². The van der Waals surface area contributed by atoms with E-state index in [2.05, 4.69) is 43.6 Å². The number of hydrogen-bond acceptors (Lipinski definition) is 21. The Balaban J connectivity index is 1.30. The summed E-state index contributed by atoms with van der Waals surface area (Å²) in [5, 5.41) is 36.9. The molecular weight excluding hydrogens is 1070 g/mol. The predicted octanol–water partition coefficient (Wildman–Crippen LogP) is 2.17. The number of carbonyl (C=O) groups excluding carboxylic acids is 9. The third-order valence-electron chi connectivity index (χ3n) is 19.9. The van der Waals surface area contributed by atoms with E-state index in [1.807, 2.05) is 26.8 Å². The first-order valence-electron chi connectivity index (χ1n) is 28.8. The van der Waals surface area contributed by atoms with E-state index in [9.17, 15) is 53.7 Å². The number of carbonyl (C=O) groups is 9. The summed E-state index contributed by atoms with van der Waals surface area (Å²) in [6.07, 6.45) is -11.6. The van der Waals surface area contributed by atoms with Crippen LogP contribution in [0.25, 0.3) is 0 Å². The molecule has 0 spiro atoms. The third-order valence-corrected chi connectivity index (χ3v) is 19.9. The minimum absolute atomic E-state index is 0.0216. The summed E-state index contributed by atoms with van der Waals surface area (Å²) >= 11 is 0. The Morgan fingerprint density at radius 2 is 1.06 bits per heavy atom. The highest BCUT2D eigenvalue weighted by atomic mass is 16.8. The number of ketones is 1. The number of aliphatic hydroxyl groups is 3. The number of nitrogens with one attached hydrogen (secondary N) is 3. The molecule has 6 N–H and O–H groups in total. The third kappa shape index (κ3) is 12.2. The van der Waals surface area contributed by atoms with E-state index in [1.165, 1.54) is 0 Å². The zero-order valence-corrected chi connectivity index (χ0v) is 49.5. The average molecular weight is 1160 g/mol. The molecule has 19 unspecified atom stereocenters. The van der Waals surface area contributed by atoms with Gasteiger partial charge in [0.25, 0.3) is 11.8 Å². The van der Waals surface area contributed by atoms with Crippen LogP contribution >= 0.6 is 0 Å². The quantitative estimate of drug-likeness (QED) is 0.0651. The summed E-state index contributed by atoms with van der Waals surface area (Å²) in [4.78, 5) is 122. The van der Waals surface area contributed by atoms with E-state index in [1.54, 1.807) is 0 Å². The van der Waals surface area contributed by atoms with Gasteiger partial charge in [-0.3, -0.25) is 43.2 Å². The van der Waals surface area contributed by atoms with Gasteiger partial charge in [0.05, 0.1) is 25.9 Å². The number of aliphatic hydroxyl groups excluding tert-OH is 3. The molecule has 24 nitrogen and oxygen atoms in total. The summed E-state index contributed by atoms with van der Waals surface area (Å²) in [6.45, 7) is 18.5. The van der Waals surface area contributed by atoms with Crippen LogP contribution < -0.4 is 16.0 Å². The van der Waals surface area contributed by atoms with Crippen LogP contribution in [0.3, 0.4) is 0 Å². The summed E-state index contributed by atoms with van der Waals surface area (Å²) in [5.41, 5.74) is -2.03. The number of rotatable bonds is 18. The Hall–Kier alpha value is -5.11. The topological polar surface area (TPSA) is 333 Å². The fraction of sp³-hybridized carbons (Fsp3) is 0.810. The summed E-state index contributed by atoms with van der Waals surface area (Å²) < 4.78 is 54.9. The van der Waals surface area contributed by atoms with E-state index < -0.39 is 155 Å². The Morgan fingerprint density at radius 3 is 1.62 bits per heavy atom. The number of fused-ring (bicyclic) bond motifs is 7. The van der Waals surface area contributed by atoms with Gasteiger partial charge >= 0.3 is 29.8 Å². The van der Waals surface area contributed by atoms with Crippen LogP contribution in [0.1, 0.15) is 141 Å². The van der Waals surface area contributed by atoms with Crippen LogP contribution in [-0.2, 0) is 85.8 Å². The van der Waals surface area contributed by atoms with Crippen molar-refractivity contribution >= 4 is 53.4 Å². The summed E-state index contributed by atoms with van der Waals surface area (Å²) in [6, 6.07) is 0. The largest absolute Gasteiger partial charge is 0.455 e. The zero-order chi connectivity index (χ0) is 60.7. The Morgan fingerprint density at radius 1 is 0.561 bits per heavy atom. The fourth-order valence-electron chi connectivity index (χ4n) is 15.9. The second kappa shape index (κ2) is 24.8. The lowest BCUT2D eigenvalue weighted by atomic mass is 9.33. The molecule has 2 aliphatic heterocycles. The van der Waals surface area contributed by atoms with Crippen LogP contribution in [0, 0.1) is 50.2 Å². The molecule has 24 heteroatoms. The highest BCUT2D eigenvalue weighted by molar-refractivity contribution is 5.96. The van der Waals surface area contributed by atoms with Crippen molar-refractivity contribution in [2.45, 2.75) is 208 Å². The van der Waals surface area contributed by atoms with Crippen LogP contribution in [0.15, 0.2) is 11.6 Å². The van der Waals surface area contributed by atoms with Gasteiger partial charge in [0, 0.05) is 65.6 Å². The molecule has 82 heavy (non-hydrogen) atoms. The first kappa shape index (κ1) is 64.5. The van der Waals surface area contributed by atoms with Crippen molar-refractivity contribution in [3.05, 3.63) is 11.6 Å². The second-order valence-corrected chi connectivity index (χ2v) is 25.6. The van der Waals surface area contributed by atoms with Gasteiger partial charge in [0.1, 0.15) is 12.2 Å². The second-order valence-electron chi connectivity index (χ2n) is 25.6. The molecular formula is C58H87N3O21. The first-order chi connectivity index (χ1) is 38.4. The average Bonchev–Trinajstić information content (AvgIpc) is 1.13. The molecule has 2 saturated heterocycles. The maximum absolute atomic E-state index is 15.4. The van der Waals surface area contributed by atoms with Crippen molar-refractivity contribution in [3.63, 3.8) is 0 Å². The highest BCUT2D eigenvalue weighted by Crippen LogP contribution is 2.75. The van der Waals surface area contributed by atoms with Crippen molar-refractivity contribution in [2.75, 3.05) is 39.5 Å². The smallest absolute Gasteiger partial charge is 0.305 e. The maximum Gasteiger partial charge on any atom is 0.305 e. The van der Waals surface area contributed by atoms with Crippen LogP contribution in [0.2, 0.25) is 0 Å². The molecule has 0 bridgehead atoms. The number of esters is 5. The van der Waals surface area contributed by atoms with Crippen molar-refractivity contribution < 1.29 is 101 Å². The lowest BCUT2D eigenvalue weighted by Crippen LogP contribution is -2.70. The molecule has 0 aromatic rings. The van der Waals surface area contributed by atoms with E-state index in [0.717, 1.165) is 59.5 Å². The molecule has 2 heterocycles. The molecule has 7 aliphatic rings. The molecule has 460 valence electrons. The molecule has 0 radical (unpaired) electrons. The summed E-state index contributed by atoms with van der Waals surface area (Å²) in [5.74, 6) is -7.51. The Labute approximate surface area is 478 Å². The molecule has 7 rings (SSSR count). The van der Waals surface area contributed by atoms with Gasteiger partial charge in [-0.25, -0.2) is 0 Å². The Kier molecular flexibility index (Phi) is 19.5. The van der Waals surface area contributed by atoms with E-state index >= 15 is 4.79 Å². The van der Waals surface area contributed by atoms with Crippen molar-refractivity contribution in [3.8, 4) is 0 Å². The molecule has 4 saturated carbocycles. The molecule has 0 aromatic heterocycles. The molecule has 19 atom stereocenters. The van der Waals surface area contributed by atoms with E-state index in [0.29, 0.717) is 38.5 Å². The van der Waals surface area contributed by atoms with Gasteiger partial charge in [-0.15, -0.1) is 0 Å². The lowest BCUT2D eigenvalue weighted by molar-refractivity contribution is -0.355. The zero-order valence-electron chi connectivity index (χ0n) is 49.5. The first-order valence-corrected chi connectivity index (χ1v) is 28.8. The minimum Gasteiger partial charge on any atom is -0.455 e. The van der Waals surface area contributed by atoms with Crippen molar-refractivity contribution in [1.82, 2.24) is 16.0 Å². The monoisotopic (exact) mass is 1160 g/mol. The van der Waals surface area contributed by atoms with E-state index in [-0.39, 0.29) is 55.2 Å². The van der Waals surface area contributed by atoms with Gasteiger partial charge in [-0.05, 0) is 103 Å². The van der Waals surface area contributed by atoms with Crippen molar-refractivity contribution in [1.29, 1.82) is 0 Å². The SMILES string of the molecule is CC(=O)OC1OC(C(=O)NCCO)C(OC2C(OC3CCC4(C)C(CCC5(C)C4C(=O)C=C4C6CC(C)(C(=O)NCCO)CCC6(C)CCC45C)C3(C)C)OC(C(=O)NCCO)C(OC(C)=O)C2OC(C)=O)C(OC(C)=O)C1OC(C)=O. The van der Waals surface area contributed by atoms with Gasteiger partial charge in [-0.2, -0.15) is 0 Å². The van der Waals surface area contributed by atoms with Gasteiger partial charge in [-0.1, -0.05) is 54.0 Å². The predicted molar refractivity (Wildman–Crippen MR) is 285 cm³/mol. The minimum atomic E-state index is -1.96. The Bertz CT molecular complexity index is 2500. The van der Waals surface area contributed by atoms with Crippen molar-refractivity contribution in [2.24, 2.45) is 50.2 Å². The number of ether oxygens (including phenoxy) is 9. The highest BCUT2D eigenvalue weighted by Gasteiger charge is 2.71. The molecule has 3 amide bonds. The fourth-order valence-corrected chi connectivity index (χ4v) is 15.9. The number of amides is 3. The van der Waals surface area contributed by atoms with Crippen LogP contribution in [0.4, 0.5) is 0 Å². The standard InChI is InChI=1S/C58H87N3O21/c1-29(65)74-39-41(75-30(2)66)46(80-40-42(76-31(3)67)45(77-32(4)68)50(78-33(5)69)81-44(40)49(72)60-22-25-63)51(82-43(39)48(71)59-21-24-62)79-38-14-15-56(10)37(53(38,6)7)13-16-58(12)47(56)36(70)27-34-35-28-55(9,52(73)61-23-26-64)18-17-54(35,8)19-20-57(34,58)11/h27,35,37-47,50-51,62-64H,13-26,28H2,1-12H3,(H,59,71)(H,60,72)(H,61,73). The van der Waals surface area contributed by atoms with Crippen LogP contribution in [0.5, 0.6) is 0 Å². The van der Waals surface area contributed by atoms with Gasteiger partial charge < -0.3 is 73.9 Å². The number of hydrogen-bond donors (Lipinski definition) is 6. The maximum atomic E-state index is 15.4. The normalized spacial score (nSPS) is 40.1. The van der Waals surface area contributed by atoms with E-state index in [4.69, 9.17) is 42.6 Å².